The predicted molar refractivity (Wildman–Crippen MR) is 61.0 cm³/mol. The average Bonchev–Trinajstić information content (AvgIpc) is 2.38. The van der Waals surface area contributed by atoms with Crippen LogP contribution in [0.3, 0.4) is 0 Å². The third kappa shape index (κ3) is 2.53. The Labute approximate surface area is 98.8 Å². The summed E-state index contributed by atoms with van der Waals surface area (Å²) in [6.45, 7) is 0.270. The zero-order valence-corrected chi connectivity index (χ0v) is 9.43. The molecule has 0 atom stereocenters. The first kappa shape index (κ1) is 11.4. The molecular formula is C13H12O4. The minimum atomic E-state index is -0.451. The molecular weight excluding hydrogens is 220 g/mol. The molecule has 1 heterocycles. The molecule has 1 aliphatic heterocycles. The van der Waals surface area contributed by atoms with Crippen LogP contribution in [0.25, 0.3) is 0 Å². The van der Waals surface area contributed by atoms with Crippen molar-refractivity contribution in [2.45, 2.75) is 6.42 Å². The highest BCUT2D eigenvalue weighted by atomic mass is 16.5. The van der Waals surface area contributed by atoms with E-state index in [0.29, 0.717) is 23.3 Å². The van der Waals surface area contributed by atoms with Gasteiger partial charge in [-0.25, -0.2) is 4.79 Å². The van der Waals surface area contributed by atoms with Crippen molar-refractivity contribution in [3.63, 3.8) is 0 Å². The van der Waals surface area contributed by atoms with Gasteiger partial charge in [0.2, 0.25) is 0 Å². The minimum absolute atomic E-state index is 0.135. The third-order valence-electron chi connectivity index (χ3n) is 2.55. The lowest BCUT2D eigenvalue weighted by atomic mass is 10.00. The van der Waals surface area contributed by atoms with Crippen LogP contribution in [0.2, 0.25) is 0 Å². The van der Waals surface area contributed by atoms with Crippen molar-refractivity contribution in [1.29, 1.82) is 0 Å². The highest BCUT2D eigenvalue weighted by Crippen LogP contribution is 2.18. The number of carbonyl (C=O) groups excluding carboxylic acids is 2. The summed E-state index contributed by atoms with van der Waals surface area (Å²) in [6, 6.07) is 6.80. The van der Waals surface area contributed by atoms with Gasteiger partial charge in [0, 0.05) is 23.6 Å². The molecule has 17 heavy (non-hydrogen) atoms. The molecule has 0 aromatic heterocycles. The number of carbonyl (C=O) groups is 2. The maximum Gasteiger partial charge on any atom is 0.331 e. The van der Waals surface area contributed by atoms with Crippen molar-refractivity contribution in [1.82, 2.24) is 0 Å². The van der Waals surface area contributed by atoms with E-state index in [1.165, 1.54) is 6.08 Å². The summed E-state index contributed by atoms with van der Waals surface area (Å²) in [7, 11) is 1.57. The lowest BCUT2D eigenvalue weighted by Crippen LogP contribution is -2.16. The van der Waals surface area contributed by atoms with Gasteiger partial charge in [-0.15, -0.1) is 0 Å². The number of ketones is 1. The third-order valence-corrected chi connectivity index (χ3v) is 2.55. The number of rotatable bonds is 3. The van der Waals surface area contributed by atoms with E-state index in [0.717, 1.165) is 0 Å². The summed E-state index contributed by atoms with van der Waals surface area (Å²) in [5.41, 5.74) is 1.04. The summed E-state index contributed by atoms with van der Waals surface area (Å²) in [6.07, 6.45) is 1.73. The van der Waals surface area contributed by atoms with E-state index >= 15 is 0 Å². The normalized spacial score (nSPS) is 14.9. The molecule has 0 amide bonds. The second-order valence-corrected chi connectivity index (χ2v) is 3.64. The van der Waals surface area contributed by atoms with Crippen LogP contribution in [-0.4, -0.2) is 25.5 Å². The van der Waals surface area contributed by atoms with Gasteiger partial charge in [-0.05, 0) is 24.3 Å². The van der Waals surface area contributed by atoms with Gasteiger partial charge in [-0.2, -0.15) is 0 Å². The zero-order chi connectivity index (χ0) is 12.3. The molecule has 0 radical (unpaired) electrons. The summed E-state index contributed by atoms with van der Waals surface area (Å²) >= 11 is 0. The Bertz CT molecular complexity index is 471. The van der Waals surface area contributed by atoms with Gasteiger partial charge >= 0.3 is 5.97 Å². The van der Waals surface area contributed by atoms with E-state index in [9.17, 15) is 9.59 Å². The Morgan fingerprint density at radius 1 is 1.29 bits per heavy atom. The number of hydrogen-bond donors (Lipinski definition) is 0. The second kappa shape index (κ2) is 4.82. The van der Waals surface area contributed by atoms with Gasteiger partial charge in [0.25, 0.3) is 0 Å². The van der Waals surface area contributed by atoms with Gasteiger partial charge in [-0.3, -0.25) is 4.79 Å². The molecule has 2 rings (SSSR count). The Hall–Kier alpha value is -2.10. The topological polar surface area (TPSA) is 52.6 Å². The smallest absolute Gasteiger partial charge is 0.331 e. The predicted octanol–water partition coefficient (Wildman–Crippen LogP) is 1.75. The summed E-state index contributed by atoms with van der Waals surface area (Å²) in [5.74, 6) is 0.107. The molecule has 0 saturated carbocycles. The SMILES string of the molecule is COc1ccc(C(=O)C2=CC(=O)OCC2)cc1. The van der Waals surface area contributed by atoms with Gasteiger partial charge in [0.1, 0.15) is 5.75 Å². The second-order valence-electron chi connectivity index (χ2n) is 3.64. The number of methoxy groups -OCH3 is 1. The van der Waals surface area contributed by atoms with Crippen LogP contribution in [0.15, 0.2) is 35.9 Å². The molecule has 0 bridgehead atoms. The van der Waals surface area contributed by atoms with Crippen molar-refractivity contribution in [2.24, 2.45) is 0 Å². The molecule has 4 nitrogen and oxygen atoms in total. The van der Waals surface area contributed by atoms with Crippen molar-refractivity contribution in [2.75, 3.05) is 13.7 Å². The Morgan fingerprint density at radius 3 is 2.59 bits per heavy atom. The van der Waals surface area contributed by atoms with Crippen LogP contribution in [0.1, 0.15) is 16.8 Å². The maximum absolute atomic E-state index is 12.0. The fourth-order valence-corrected chi connectivity index (χ4v) is 1.62. The van der Waals surface area contributed by atoms with Crippen LogP contribution in [0, 0.1) is 0 Å². The van der Waals surface area contributed by atoms with Crippen molar-refractivity contribution < 1.29 is 19.1 Å². The van der Waals surface area contributed by atoms with E-state index in [1.807, 2.05) is 0 Å². The highest BCUT2D eigenvalue weighted by molar-refractivity contribution is 6.11. The Balaban J connectivity index is 2.21. The molecule has 0 unspecified atom stereocenters. The molecule has 1 aromatic rings. The van der Waals surface area contributed by atoms with Crippen molar-refractivity contribution >= 4 is 11.8 Å². The first-order chi connectivity index (χ1) is 8.20. The number of ether oxygens (including phenoxy) is 2. The molecule has 4 heteroatoms. The fraction of sp³-hybridized carbons (Fsp3) is 0.231. The number of Topliss-reactive ketones (excluding diaryl/α,β-unsaturated/α-hetero) is 1. The summed E-state index contributed by atoms with van der Waals surface area (Å²) in [4.78, 5) is 23.1. The summed E-state index contributed by atoms with van der Waals surface area (Å²) in [5, 5.41) is 0. The van der Waals surface area contributed by atoms with Gasteiger partial charge in [0.15, 0.2) is 5.78 Å². The van der Waals surface area contributed by atoms with E-state index in [2.05, 4.69) is 0 Å². The maximum atomic E-state index is 12.0. The molecule has 0 spiro atoms. The first-order valence-corrected chi connectivity index (χ1v) is 5.27. The lowest BCUT2D eigenvalue weighted by Gasteiger charge is -2.12. The van der Waals surface area contributed by atoms with Crippen LogP contribution in [0.5, 0.6) is 5.75 Å². The number of benzene rings is 1. The first-order valence-electron chi connectivity index (χ1n) is 5.27. The summed E-state index contributed by atoms with van der Waals surface area (Å²) < 4.78 is 9.75. The van der Waals surface area contributed by atoms with E-state index in [1.54, 1.807) is 31.4 Å². The monoisotopic (exact) mass is 232 g/mol. The molecule has 1 aromatic carbocycles. The van der Waals surface area contributed by atoms with Gasteiger partial charge in [-0.1, -0.05) is 0 Å². The van der Waals surface area contributed by atoms with E-state index in [-0.39, 0.29) is 12.4 Å². The zero-order valence-electron chi connectivity index (χ0n) is 9.43. The van der Waals surface area contributed by atoms with E-state index < -0.39 is 5.97 Å². The molecule has 0 aliphatic carbocycles. The quantitative estimate of drug-likeness (QED) is 0.588. The minimum Gasteiger partial charge on any atom is -0.497 e. The standard InChI is InChI=1S/C13H12O4/c1-16-11-4-2-9(3-5-11)13(15)10-6-7-17-12(14)8-10/h2-5,8H,6-7H2,1H3. The molecule has 0 N–H and O–H groups in total. The largest absolute Gasteiger partial charge is 0.497 e. The molecule has 88 valence electrons. The molecule has 0 fully saturated rings. The van der Waals surface area contributed by atoms with Gasteiger partial charge in [0.05, 0.1) is 13.7 Å². The van der Waals surface area contributed by atoms with Crippen LogP contribution in [0.4, 0.5) is 0 Å². The lowest BCUT2D eigenvalue weighted by molar-refractivity contribution is -0.138. The fourth-order valence-electron chi connectivity index (χ4n) is 1.62. The molecule has 0 saturated heterocycles. The molecule has 1 aliphatic rings. The number of esters is 1. The van der Waals surface area contributed by atoms with Crippen LogP contribution in [-0.2, 0) is 9.53 Å². The van der Waals surface area contributed by atoms with Crippen LogP contribution >= 0.6 is 0 Å². The van der Waals surface area contributed by atoms with Crippen molar-refractivity contribution in [3.8, 4) is 5.75 Å². The highest BCUT2D eigenvalue weighted by Gasteiger charge is 2.18. The van der Waals surface area contributed by atoms with E-state index in [4.69, 9.17) is 9.47 Å². The number of hydrogen-bond acceptors (Lipinski definition) is 4. The Kier molecular flexibility index (Phi) is 3.23. The van der Waals surface area contributed by atoms with Crippen molar-refractivity contribution in [3.05, 3.63) is 41.5 Å². The van der Waals surface area contributed by atoms with Gasteiger partial charge < -0.3 is 9.47 Å². The Morgan fingerprint density at radius 2 is 2.00 bits per heavy atom. The number of cyclic esters (lactones) is 1. The van der Waals surface area contributed by atoms with Crippen LogP contribution < -0.4 is 4.74 Å². The average molecular weight is 232 g/mol.